The summed E-state index contributed by atoms with van der Waals surface area (Å²) in [7, 11) is -0.752. The smallest absolute Gasteiger partial charge is 0.399 e. The van der Waals surface area contributed by atoms with E-state index < -0.39 is 24.6 Å². The Morgan fingerprint density at radius 1 is 1.09 bits per heavy atom. The molecule has 0 atom stereocenters. The van der Waals surface area contributed by atoms with Gasteiger partial charge in [0.2, 0.25) is 0 Å². The van der Waals surface area contributed by atoms with Crippen LogP contribution < -0.4 is 5.46 Å². The van der Waals surface area contributed by atoms with Crippen LogP contribution in [0.4, 0.5) is 4.39 Å². The standard InChI is InChI=1S/C15H19BBrFO4/c1-14(2)15(3,4)22-16(21-14)10-7-9(11(17)8-12(10)18)13-19-5-6-20-13/h7-8,13H,5-6H2,1-4H3. The molecule has 2 heterocycles. The fraction of sp³-hybridized carbons (Fsp3) is 0.600. The molecule has 1 aromatic carbocycles. The van der Waals surface area contributed by atoms with Gasteiger partial charge in [0, 0.05) is 15.5 Å². The van der Waals surface area contributed by atoms with Crippen molar-refractivity contribution in [3.63, 3.8) is 0 Å². The molecule has 2 saturated heterocycles. The van der Waals surface area contributed by atoms with Crippen molar-refractivity contribution in [3.8, 4) is 0 Å². The highest BCUT2D eigenvalue weighted by Gasteiger charge is 2.52. The second-order valence-corrected chi connectivity index (χ2v) is 7.41. The maximum Gasteiger partial charge on any atom is 0.497 e. The topological polar surface area (TPSA) is 36.9 Å². The van der Waals surface area contributed by atoms with E-state index in [4.69, 9.17) is 18.8 Å². The summed E-state index contributed by atoms with van der Waals surface area (Å²) in [5.41, 5.74) is 0.0645. The lowest BCUT2D eigenvalue weighted by Gasteiger charge is -2.32. The van der Waals surface area contributed by atoms with Crippen molar-refractivity contribution in [2.45, 2.75) is 45.2 Å². The first kappa shape index (κ1) is 16.4. The zero-order valence-electron chi connectivity index (χ0n) is 13.1. The van der Waals surface area contributed by atoms with Crippen LogP contribution in [0.1, 0.15) is 39.5 Å². The quantitative estimate of drug-likeness (QED) is 0.748. The maximum absolute atomic E-state index is 14.4. The van der Waals surface area contributed by atoms with Crippen LogP contribution in [0.15, 0.2) is 16.6 Å². The molecule has 2 aliphatic rings. The molecular weight excluding hydrogens is 354 g/mol. The molecule has 0 aliphatic carbocycles. The van der Waals surface area contributed by atoms with Gasteiger partial charge in [-0.25, -0.2) is 4.39 Å². The van der Waals surface area contributed by atoms with Crippen LogP contribution >= 0.6 is 15.9 Å². The molecule has 0 bridgehead atoms. The first-order valence-corrected chi connectivity index (χ1v) is 8.08. The summed E-state index contributed by atoms with van der Waals surface area (Å²) in [6.07, 6.45) is -0.490. The average molecular weight is 373 g/mol. The van der Waals surface area contributed by atoms with Crippen molar-refractivity contribution in [2.24, 2.45) is 0 Å². The molecule has 120 valence electrons. The van der Waals surface area contributed by atoms with Gasteiger partial charge in [0.15, 0.2) is 6.29 Å². The van der Waals surface area contributed by atoms with Crippen molar-refractivity contribution in [1.29, 1.82) is 0 Å². The van der Waals surface area contributed by atoms with Crippen LogP contribution in [-0.2, 0) is 18.8 Å². The lowest BCUT2D eigenvalue weighted by molar-refractivity contribution is -0.0446. The zero-order valence-corrected chi connectivity index (χ0v) is 14.7. The van der Waals surface area contributed by atoms with Gasteiger partial charge in [0.25, 0.3) is 0 Å². The predicted octanol–water partition coefficient (Wildman–Crippen LogP) is 2.93. The van der Waals surface area contributed by atoms with Gasteiger partial charge >= 0.3 is 7.12 Å². The van der Waals surface area contributed by atoms with Gasteiger partial charge in [-0.1, -0.05) is 22.0 Å². The van der Waals surface area contributed by atoms with Gasteiger partial charge in [0.05, 0.1) is 24.4 Å². The molecule has 0 spiro atoms. The zero-order chi connectivity index (χ0) is 16.1. The van der Waals surface area contributed by atoms with Gasteiger partial charge in [-0.3, -0.25) is 0 Å². The monoisotopic (exact) mass is 372 g/mol. The van der Waals surface area contributed by atoms with Crippen molar-refractivity contribution >= 4 is 28.5 Å². The SMILES string of the molecule is CC1(C)OB(c2cc(C3OCCO3)c(Br)cc2F)OC1(C)C. The van der Waals surface area contributed by atoms with Crippen molar-refractivity contribution in [3.05, 3.63) is 28.0 Å². The third-order valence-electron chi connectivity index (χ3n) is 4.50. The Hall–Kier alpha value is -0.465. The molecule has 0 N–H and O–H groups in total. The number of ether oxygens (including phenoxy) is 2. The highest BCUT2D eigenvalue weighted by Crippen LogP contribution is 2.37. The molecule has 0 saturated carbocycles. The van der Waals surface area contributed by atoms with E-state index in [2.05, 4.69) is 15.9 Å². The molecular formula is C15H19BBrFO4. The second-order valence-electron chi connectivity index (χ2n) is 6.56. The van der Waals surface area contributed by atoms with Crippen LogP contribution in [0.25, 0.3) is 0 Å². The van der Waals surface area contributed by atoms with E-state index in [1.807, 2.05) is 27.7 Å². The van der Waals surface area contributed by atoms with E-state index in [-0.39, 0.29) is 5.82 Å². The predicted molar refractivity (Wildman–Crippen MR) is 84.5 cm³/mol. The summed E-state index contributed by atoms with van der Waals surface area (Å²) in [4.78, 5) is 0. The Morgan fingerprint density at radius 3 is 2.18 bits per heavy atom. The third-order valence-corrected chi connectivity index (χ3v) is 5.19. The van der Waals surface area contributed by atoms with Crippen LogP contribution in [0.2, 0.25) is 0 Å². The highest BCUT2D eigenvalue weighted by atomic mass is 79.9. The lowest BCUT2D eigenvalue weighted by atomic mass is 9.78. The van der Waals surface area contributed by atoms with E-state index in [9.17, 15) is 4.39 Å². The Labute approximate surface area is 138 Å². The Bertz CT molecular complexity index is 571. The van der Waals surface area contributed by atoms with Crippen molar-refractivity contribution < 1.29 is 23.2 Å². The minimum atomic E-state index is -0.752. The molecule has 0 radical (unpaired) electrons. The number of benzene rings is 1. The minimum absolute atomic E-state index is 0.357. The fourth-order valence-corrected chi connectivity index (χ4v) is 2.95. The largest absolute Gasteiger partial charge is 0.497 e. The summed E-state index contributed by atoms with van der Waals surface area (Å²) in [6.45, 7) is 8.81. The van der Waals surface area contributed by atoms with Crippen LogP contribution in [0, 0.1) is 5.82 Å². The minimum Gasteiger partial charge on any atom is -0.399 e. The normalized spacial score (nSPS) is 24.2. The summed E-state index contributed by atoms with van der Waals surface area (Å²) in [6, 6.07) is 3.10. The number of hydrogen-bond acceptors (Lipinski definition) is 4. The van der Waals surface area contributed by atoms with Crippen molar-refractivity contribution in [2.75, 3.05) is 13.2 Å². The van der Waals surface area contributed by atoms with Gasteiger partial charge < -0.3 is 18.8 Å². The second kappa shape index (κ2) is 5.56. The van der Waals surface area contributed by atoms with E-state index in [0.717, 1.165) is 5.56 Å². The Morgan fingerprint density at radius 2 is 1.64 bits per heavy atom. The molecule has 1 aromatic rings. The Kier molecular flexibility index (Phi) is 4.15. The molecule has 0 unspecified atom stereocenters. The maximum atomic E-state index is 14.4. The first-order chi connectivity index (χ1) is 10.2. The first-order valence-electron chi connectivity index (χ1n) is 7.29. The van der Waals surface area contributed by atoms with E-state index in [1.165, 1.54) is 6.07 Å². The highest BCUT2D eigenvalue weighted by molar-refractivity contribution is 9.10. The molecule has 0 aromatic heterocycles. The Balaban J connectivity index is 1.96. The van der Waals surface area contributed by atoms with Crippen LogP contribution in [0.3, 0.4) is 0 Å². The molecule has 2 aliphatic heterocycles. The number of rotatable bonds is 2. The van der Waals surface area contributed by atoms with E-state index in [1.54, 1.807) is 6.07 Å². The molecule has 0 amide bonds. The third kappa shape index (κ3) is 2.74. The number of halogens is 2. The molecule has 3 rings (SSSR count). The lowest BCUT2D eigenvalue weighted by Crippen LogP contribution is -2.41. The molecule has 2 fully saturated rings. The van der Waals surface area contributed by atoms with Crippen LogP contribution in [0.5, 0.6) is 0 Å². The van der Waals surface area contributed by atoms with E-state index >= 15 is 0 Å². The summed E-state index contributed by atoms with van der Waals surface area (Å²) >= 11 is 3.36. The van der Waals surface area contributed by atoms with Gasteiger partial charge in [-0.15, -0.1) is 0 Å². The fourth-order valence-electron chi connectivity index (χ4n) is 2.45. The van der Waals surface area contributed by atoms with Gasteiger partial charge in [-0.05, 0) is 33.8 Å². The summed E-state index contributed by atoms with van der Waals surface area (Å²) in [5, 5.41) is 0. The average Bonchev–Trinajstić information content (AvgIpc) is 2.97. The van der Waals surface area contributed by atoms with Gasteiger partial charge in [-0.2, -0.15) is 0 Å². The molecule has 7 heteroatoms. The molecule has 22 heavy (non-hydrogen) atoms. The van der Waals surface area contributed by atoms with Crippen LogP contribution in [-0.4, -0.2) is 31.5 Å². The van der Waals surface area contributed by atoms with Gasteiger partial charge in [0.1, 0.15) is 5.82 Å². The summed E-state index contributed by atoms with van der Waals surface area (Å²) < 4.78 is 37.9. The number of hydrogen-bond donors (Lipinski definition) is 0. The van der Waals surface area contributed by atoms with Crippen molar-refractivity contribution in [1.82, 2.24) is 0 Å². The van der Waals surface area contributed by atoms with E-state index in [0.29, 0.717) is 23.1 Å². The molecule has 4 nitrogen and oxygen atoms in total. The summed E-state index contributed by atoms with van der Waals surface area (Å²) in [5.74, 6) is -0.382.